The van der Waals surface area contributed by atoms with Crippen molar-refractivity contribution < 1.29 is 19.1 Å². The molecule has 1 N–H and O–H groups in total. The van der Waals surface area contributed by atoms with Crippen LogP contribution >= 0.6 is 23.2 Å². The molecule has 0 fully saturated rings. The van der Waals surface area contributed by atoms with Crippen molar-refractivity contribution in [2.75, 3.05) is 20.3 Å². The summed E-state index contributed by atoms with van der Waals surface area (Å²) in [5, 5.41) is 3.81. The number of rotatable bonds is 12. The van der Waals surface area contributed by atoms with E-state index >= 15 is 0 Å². The molecule has 2 aromatic rings. The molecule has 2 aromatic carbocycles. The Morgan fingerprint density at radius 2 is 1.61 bits per heavy atom. The number of halogens is 2. The molecule has 2 rings (SSSR count). The molecule has 0 aliphatic rings. The van der Waals surface area contributed by atoms with E-state index in [4.69, 9.17) is 32.7 Å². The van der Waals surface area contributed by atoms with Crippen LogP contribution in [0.5, 0.6) is 11.5 Å². The number of methoxy groups -OCH3 is 1. The summed E-state index contributed by atoms with van der Waals surface area (Å²) in [5.41, 5.74) is 0.618. The molecular weight excluding hydrogens is 463 g/mol. The molecule has 180 valence electrons. The van der Waals surface area contributed by atoms with Gasteiger partial charge in [0, 0.05) is 35.1 Å². The number of hydrogen-bond donors (Lipinski definition) is 1. The van der Waals surface area contributed by atoms with Crippen LogP contribution in [0.4, 0.5) is 0 Å². The summed E-state index contributed by atoms with van der Waals surface area (Å²) < 4.78 is 10.9. The van der Waals surface area contributed by atoms with Crippen molar-refractivity contribution >= 4 is 35.0 Å². The molecule has 0 aliphatic carbocycles. The van der Waals surface area contributed by atoms with E-state index in [1.54, 1.807) is 32.2 Å². The van der Waals surface area contributed by atoms with Gasteiger partial charge in [0.2, 0.25) is 11.8 Å². The van der Waals surface area contributed by atoms with Crippen LogP contribution in [0.3, 0.4) is 0 Å². The molecule has 0 saturated carbocycles. The fourth-order valence-electron chi connectivity index (χ4n) is 3.12. The normalized spacial score (nSPS) is 11.7. The molecule has 0 saturated heterocycles. The summed E-state index contributed by atoms with van der Waals surface area (Å²) in [6.07, 6.45) is 0.720. The fraction of sp³-hybridized carbons (Fsp3) is 0.440. The monoisotopic (exact) mass is 494 g/mol. The van der Waals surface area contributed by atoms with Crippen molar-refractivity contribution in [3.8, 4) is 11.5 Å². The van der Waals surface area contributed by atoms with Crippen LogP contribution < -0.4 is 14.8 Å². The minimum absolute atomic E-state index is 0.146. The maximum Gasteiger partial charge on any atom is 0.242 e. The largest absolute Gasteiger partial charge is 0.497 e. The van der Waals surface area contributed by atoms with E-state index in [0.717, 1.165) is 5.75 Å². The molecule has 0 aliphatic heterocycles. The third-order valence-corrected chi connectivity index (χ3v) is 5.81. The molecule has 0 radical (unpaired) electrons. The number of carbonyl (C=O) groups excluding carboxylic acids is 2. The van der Waals surface area contributed by atoms with E-state index < -0.39 is 6.04 Å². The van der Waals surface area contributed by atoms with Gasteiger partial charge in [-0.05, 0) is 55.7 Å². The lowest BCUT2D eigenvalue weighted by Gasteiger charge is -2.29. The van der Waals surface area contributed by atoms with Gasteiger partial charge in [0.05, 0.1) is 13.7 Å². The maximum atomic E-state index is 13.1. The number of amides is 2. The van der Waals surface area contributed by atoms with E-state index in [-0.39, 0.29) is 24.8 Å². The van der Waals surface area contributed by atoms with Crippen LogP contribution in [0.15, 0.2) is 42.5 Å². The third-order valence-electron chi connectivity index (χ3n) is 5.11. The first-order valence-corrected chi connectivity index (χ1v) is 11.8. The molecule has 0 spiro atoms. The Bertz CT molecular complexity index is 899. The highest BCUT2D eigenvalue weighted by Gasteiger charge is 2.27. The summed E-state index contributed by atoms with van der Waals surface area (Å²) in [5.74, 6) is 1.37. The smallest absolute Gasteiger partial charge is 0.242 e. The molecule has 1 atom stereocenters. The molecule has 6 nitrogen and oxygen atoms in total. The molecule has 0 bridgehead atoms. The van der Waals surface area contributed by atoms with Crippen LogP contribution in [0.25, 0.3) is 0 Å². The van der Waals surface area contributed by atoms with E-state index in [1.165, 1.54) is 4.90 Å². The Kier molecular flexibility index (Phi) is 10.8. The van der Waals surface area contributed by atoms with E-state index in [1.807, 2.05) is 38.1 Å². The van der Waals surface area contributed by atoms with E-state index in [0.29, 0.717) is 46.8 Å². The SMILES string of the molecule is COc1ccc(OCCCC(=O)N(Cc2c(Cl)cccc2Cl)C(C)C(=O)NCC(C)C)cc1. The van der Waals surface area contributed by atoms with Gasteiger partial charge in [-0.25, -0.2) is 0 Å². The second kappa shape index (κ2) is 13.3. The Labute approximate surface area is 206 Å². The minimum Gasteiger partial charge on any atom is -0.497 e. The predicted octanol–water partition coefficient (Wildman–Crippen LogP) is 5.35. The van der Waals surface area contributed by atoms with Crippen LogP contribution in [-0.4, -0.2) is 43.0 Å². The third kappa shape index (κ3) is 8.45. The second-order valence-corrected chi connectivity index (χ2v) is 8.98. The zero-order valence-corrected chi connectivity index (χ0v) is 21.1. The van der Waals surface area contributed by atoms with Gasteiger partial charge in [0.1, 0.15) is 17.5 Å². The quantitative estimate of drug-likeness (QED) is 0.403. The van der Waals surface area contributed by atoms with E-state index in [2.05, 4.69) is 5.32 Å². The minimum atomic E-state index is -0.675. The van der Waals surface area contributed by atoms with Gasteiger partial charge in [-0.2, -0.15) is 0 Å². The van der Waals surface area contributed by atoms with Gasteiger partial charge >= 0.3 is 0 Å². The van der Waals surface area contributed by atoms with Gasteiger partial charge in [-0.1, -0.05) is 43.1 Å². The number of benzene rings is 2. The Hall–Kier alpha value is -2.44. The first kappa shape index (κ1) is 26.8. The number of ether oxygens (including phenoxy) is 2. The first-order chi connectivity index (χ1) is 15.7. The lowest BCUT2D eigenvalue weighted by atomic mass is 10.1. The molecule has 8 heteroatoms. The first-order valence-electron chi connectivity index (χ1n) is 11.0. The molecule has 0 heterocycles. The Morgan fingerprint density at radius 3 is 2.18 bits per heavy atom. The van der Waals surface area contributed by atoms with Gasteiger partial charge in [0.25, 0.3) is 0 Å². The molecule has 33 heavy (non-hydrogen) atoms. The van der Waals surface area contributed by atoms with Crippen LogP contribution in [0.2, 0.25) is 10.0 Å². The molecule has 2 amide bonds. The molecular formula is C25H32Cl2N2O4. The molecule has 0 aromatic heterocycles. The number of nitrogens with one attached hydrogen (secondary N) is 1. The highest BCUT2D eigenvalue weighted by Crippen LogP contribution is 2.27. The Morgan fingerprint density at radius 1 is 1.00 bits per heavy atom. The highest BCUT2D eigenvalue weighted by molar-refractivity contribution is 6.36. The number of carbonyl (C=O) groups is 2. The zero-order valence-electron chi connectivity index (χ0n) is 19.6. The summed E-state index contributed by atoms with van der Waals surface area (Å²) in [6.45, 7) is 6.79. The van der Waals surface area contributed by atoms with Crippen molar-refractivity contribution in [3.05, 3.63) is 58.1 Å². The van der Waals surface area contributed by atoms with Gasteiger partial charge in [-0.15, -0.1) is 0 Å². The van der Waals surface area contributed by atoms with E-state index in [9.17, 15) is 9.59 Å². The number of hydrogen-bond acceptors (Lipinski definition) is 4. The van der Waals surface area contributed by atoms with Gasteiger partial charge < -0.3 is 19.7 Å². The average Bonchev–Trinajstić information content (AvgIpc) is 2.80. The number of nitrogens with zero attached hydrogens (tertiary/aromatic N) is 1. The topological polar surface area (TPSA) is 67.9 Å². The zero-order chi connectivity index (χ0) is 24.4. The lowest BCUT2D eigenvalue weighted by molar-refractivity contribution is -0.140. The van der Waals surface area contributed by atoms with Gasteiger partial charge in [0.15, 0.2) is 0 Å². The van der Waals surface area contributed by atoms with Crippen LogP contribution in [0, 0.1) is 5.92 Å². The summed E-state index contributed by atoms with van der Waals surface area (Å²) in [4.78, 5) is 27.4. The highest BCUT2D eigenvalue weighted by atomic mass is 35.5. The predicted molar refractivity (Wildman–Crippen MR) is 132 cm³/mol. The van der Waals surface area contributed by atoms with Crippen LogP contribution in [0.1, 0.15) is 39.2 Å². The maximum absolute atomic E-state index is 13.1. The standard InChI is InChI=1S/C25H32Cl2N2O4/c1-17(2)15-28-25(31)18(3)29(16-21-22(26)7-5-8-23(21)27)24(30)9-6-14-33-20-12-10-19(32-4)11-13-20/h5,7-8,10-13,17-18H,6,9,14-16H2,1-4H3,(H,28,31). The van der Waals surface area contributed by atoms with Crippen molar-refractivity contribution in [3.63, 3.8) is 0 Å². The summed E-state index contributed by atoms with van der Waals surface area (Å²) >= 11 is 12.7. The van der Waals surface area contributed by atoms with Gasteiger partial charge in [-0.3, -0.25) is 9.59 Å². The second-order valence-electron chi connectivity index (χ2n) is 8.16. The summed E-state index contributed by atoms with van der Waals surface area (Å²) in [6, 6.07) is 11.8. The van der Waals surface area contributed by atoms with Crippen molar-refractivity contribution in [2.24, 2.45) is 5.92 Å². The average molecular weight is 495 g/mol. The Balaban J connectivity index is 2.04. The summed E-state index contributed by atoms with van der Waals surface area (Å²) in [7, 11) is 1.60. The molecule has 1 unspecified atom stereocenters. The van der Waals surface area contributed by atoms with Crippen molar-refractivity contribution in [2.45, 2.75) is 46.2 Å². The fourth-order valence-corrected chi connectivity index (χ4v) is 3.63. The van der Waals surface area contributed by atoms with Crippen LogP contribution in [-0.2, 0) is 16.1 Å². The van der Waals surface area contributed by atoms with Crippen molar-refractivity contribution in [1.82, 2.24) is 10.2 Å². The lowest BCUT2D eigenvalue weighted by Crippen LogP contribution is -2.48. The van der Waals surface area contributed by atoms with Crippen molar-refractivity contribution in [1.29, 1.82) is 0 Å².